The third-order valence-electron chi connectivity index (χ3n) is 10.8. The van der Waals surface area contributed by atoms with Crippen LogP contribution in [0.5, 0.6) is 5.75 Å². The maximum absolute atomic E-state index is 10.9. The fourth-order valence-electron chi connectivity index (χ4n) is 7.94. The van der Waals surface area contributed by atoms with Gasteiger partial charge in [0, 0.05) is 55.9 Å². The summed E-state index contributed by atoms with van der Waals surface area (Å²) in [6, 6.07) is 42.0. The van der Waals surface area contributed by atoms with Crippen molar-refractivity contribution in [3.63, 3.8) is 0 Å². The minimum Gasteiger partial charge on any atom is -0.506 e. The van der Waals surface area contributed by atoms with Gasteiger partial charge in [-0.3, -0.25) is 4.98 Å². The Morgan fingerprint density at radius 2 is 0.821 bits per heavy atom. The quantitative estimate of drug-likeness (QED) is 0.169. The van der Waals surface area contributed by atoms with Crippen LogP contribution in [-0.4, -0.2) is 30.0 Å². The minimum atomic E-state index is 0.133. The van der Waals surface area contributed by atoms with Gasteiger partial charge in [-0.25, -0.2) is 9.97 Å². The molecule has 6 nitrogen and oxygen atoms in total. The zero-order valence-electron chi connectivity index (χ0n) is 31.2. The fraction of sp³-hybridized carbons (Fsp3) is 0.0600. The molecule has 0 aliphatic carbocycles. The summed E-state index contributed by atoms with van der Waals surface area (Å²) in [5.41, 5.74) is 19.2. The standard InChI is InChI=1S/C50H37N5O/c1-29-6-12-32(13-7-29)46-37-19-21-39(52-37)47(33-14-8-30(2)9-15-33)41-23-25-43(54-41)49(35-18-27-45(56)50-36(35)5-4-28-51-50)44-26-24-42(55-44)48(40-22-20-38(46)53-40)34-16-10-31(3)11-17-34/h4-28,52,55-56H,1-3H3. The second-order valence-electron chi connectivity index (χ2n) is 14.6. The molecule has 10 rings (SSSR count). The molecule has 4 aromatic carbocycles. The lowest BCUT2D eigenvalue weighted by atomic mass is 9.98. The summed E-state index contributed by atoms with van der Waals surface area (Å²) in [4.78, 5) is 23.1. The molecule has 0 saturated heterocycles. The van der Waals surface area contributed by atoms with Gasteiger partial charge in [0.05, 0.1) is 22.8 Å². The van der Waals surface area contributed by atoms with Gasteiger partial charge < -0.3 is 15.1 Å². The predicted molar refractivity (Wildman–Crippen MR) is 232 cm³/mol. The largest absolute Gasteiger partial charge is 0.506 e. The van der Waals surface area contributed by atoms with E-state index in [1.807, 2.05) is 18.2 Å². The molecule has 0 atom stereocenters. The number of H-pyrrole nitrogens is 2. The summed E-state index contributed by atoms with van der Waals surface area (Å²) in [7, 11) is 0. The number of nitrogens with zero attached hydrogens (tertiary/aromatic N) is 3. The van der Waals surface area contributed by atoms with Crippen molar-refractivity contribution in [1.29, 1.82) is 0 Å². The van der Waals surface area contributed by atoms with Crippen LogP contribution >= 0.6 is 0 Å². The molecule has 3 N–H and O–H groups in total. The smallest absolute Gasteiger partial charge is 0.141 e. The van der Waals surface area contributed by atoms with E-state index in [-0.39, 0.29) is 5.75 Å². The number of aromatic hydroxyl groups is 1. The SMILES string of the molecule is Cc1ccc(-c2c3nc(c(-c4ccc(C)cc4)c4ccc([nH]4)c(-c4ccc(O)c5ncccc45)c4nc(c(-c5ccc(C)cc5)c5ccc2[nH]5)C=C4)C=C3)cc1. The molecule has 0 saturated carbocycles. The van der Waals surface area contributed by atoms with Crippen molar-refractivity contribution in [2.75, 3.05) is 0 Å². The van der Waals surface area contributed by atoms with Crippen molar-refractivity contribution in [3.05, 3.63) is 167 Å². The number of aromatic amines is 2. The lowest BCUT2D eigenvalue weighted by molar-refractivity contribution is 0.480. The summed E-state index contributed by atoms with van der Waals surface area (Å²) < 4.78 is 0. The van der Waals surface area contributed by atoms with Gasteiger partial charge in [0.1, 0.15) is 11.3 Å². The second-order valence-corrected chi connectivity index (χ2v) is 14.6. The van der Waals surface area contributed by atoms with Crippen molar-refractivity contribution in [1.82, 2.24) is 24.9 Å². The zero-order valence-corrected chi connectivity index (χ0v) is 31.2. The Balaban J connectivity index is 1.40. The van der Waals surface area contributed by atoms with E-state index in [1.165, 1.54) is 16.7 Å². The maximum atomic E-state index is 10.9. The van der Waals surface area contributed by atoms with Gasteiger partial charge >= 0.3 is 0 Å². The molecule has 0 fully saturated rings. The summed E-state index contributed by atoms with van der Waals surface area (Å²) in [5.74, 6) is 0.133. The van der Waals surface area contributed by atoms with Crippen molar-refractivity contribution in [3.8, 4) is 50.3 Å². The Hall–Kier alpha value is -7.31. The van der Waals surface area contributed by atoms with E-state index in [1.54, 1.807) is 12.3 Å². The highest BCUT2D eigenvalue weighted by Crippen LogP contribution is 2.41. The first-order valence-corrected chi connectivity index (χ1v) is 18.8. The summed E-state index contributed by atoms with van der Waals surface area (Å²) in [5, 5.41) is 11.7. The molecular weight excluding hydrogens is 687 g/mol. The molecule has 8 bridgehead atoms. The molecule has 0 spiro atoms. The highest BCUT2D eigenvalue weighted by atomic mass is 16.3. The van der Waals surface area contributed by atoms with E-state index in [0.717, 1.165) is 94.7 Å². The Morgan fingerprint density at radius 3 is 1.25 bits per heavy atom. The van der Waals surface area contributed by atoms with Gasteiger partial charge in [0.15, 0.2) is 0 Å². The lowest BCUT2D eigenvalue weighted by Crippen LogP contribution is -1.91. The molecule has 2 aliphatic rings. The number of rotatable bonds is 4. The van der Waals surface area contributed by atoms with Crippen LogP contribution in [0.15, 0.2) is 128 Å². The Kier molecular flexibility index (Phi) is 7.85. The van der Waals surface area contributed by atoms with Gasteiger partial charge in [-0.15, -0.1) is 0 Å². The van der Waals surface area contributed by atoms with Crippen LogP contribution in [-0.2, 0) is 0 Å². The average molecular weight is 724 g/mol. The number of pyridine rings is 1. The highest BCUT2D eigenvalue weighted by molar-refractivity contribution is 6.05. The van der Waals surface area contributed by atoms with Crippen LogP contribution in [0.1, 0.15) is 39.5 Å². The van der Waals surface area contributed by atoms with Crippen LogP contribution in [0.2, 0.25) is 0 Å². The van der Waals surface area contributed by atoms with Crippen LogP contribution in [0.25, 0.3) is 102 Å². The topological polar surface area (TPSA) is 90.5 Å². The van der Waals surface area contributed by atoms with Crippen LogP contribution in [0, 0.1) is 20.8 Å². The zero-order chi connectivity index (χ0) is 37.9. The van der Waals surface area contributed by atoms with E-state index >= 15 is 0 Å². The third kappa shape index (κ3) is 5.71. The number of aryl methyl sites for hydroxylation is 3. The van der Waals surface area contributed by atoms with Crippen LogP contribution < -0.4 is 0 Å². The maximum Gasteiger partial charge on any atom is 0.141 e. The molecule has 6 heterocycles. The number of aromatic nitrogens is 5. The van der Waals surface area contributed by atoms with Gasteiger partial charge in [-0.1, -0.05) is 95.6 Å². The molecule has 4 aromatic heterocycles. The van der Waals surface area contributed by atoms with Crippen molar-refractivity contribution in [2.45, 2.75) is 20.8 Å². The molecule has 8 aromatic rings. The average Bonchev–Trinajstić information content (AvgIpc) is 4.06. The van der Waals surface area contributed by atoms with E-state index < -0.39 is 0 Å². The van der Waals surface area contributed by atoms with Crippen LogP contribution in [0.3, 0.4) is 0 Å². The molecule has 2 aliphatic heterocycles. The molecule has 0 radical (unpaired) electrons. The molecular formula is C50H37N5O. The second kappa shape index (κ2) is 13.2. The van der Waals surface area contributed by atoms with Gasteiger partial charge in [-0.05, 0) is 110 Å². The molecule has 0 unspecified atom stereocenters. The molecule has 56 heavy (non-hydrogen) atoms. The molecule has 0 amide bonds. The van der Waals surface area contributed by atoms with E-state index in [0.29, 0.717) is 5.52 Å². The number of fused-ring (bicyclic) bond motifs is 9. The van der Waals surface area contributed by atoms with Gasteiger partial charge in [-0.2, -0.15) is 0 Å². The Bertz CT molecular complexity index is 3050. The minimum absolute atomic E-state index is 0.133. The first kappa shape index (κ1) is 33.3. The summed E-state index contributed by atoms with van der Waals surface area (Å²) in [6.45, 7) is 6.32. The molecule has 6 heteroatoms. The number of hydrogen-bond acceptors (Lipinski definition) is 4. The first-order chi connectivity index (χ1) is 27.4. The number of benzene rings is 4. The first-order valence-electron chi connectivity index (χ1n) is 18.8. The third-order valence-corrected chi connectivity index (χ3v) is 10.8. The number of nitrogens with one attached hydrogen (secondary N) is 2. The lowest BCUT2D eigenvalue weighted by Gasteiger charge is -2.10. The van der Waals surface area contributed by atoms with Crippen molar-refractivity contribution in [2.24, 2.45) is 0 Å². The van der Waals surface area contributed by atoms with Gasteiger partial charge in [0.2, 0.25) is 0 Å². The van der Waals surface area contributed by atoms with Crippen molar-refractivity contribution >= 4 is 57.3 Å². The highest BCUT2D eigenvalue weighted by Gasteiger charge is 2.20. The number of hydrogen-bond donors (Lipinski definition) is 3. The fourth-order valence-corrected chi connectivity index (χ4v) is 7.94. The molecule has 268 valence electrons. The van der Waals surface area contributed by atoms with Crippen molar-refractivity contribution < 1.29 is 5.11 Å². The van der Waals surface area contributed by atoms with Gasteiger partial charge in [0.25, 0.3) is 0 Å². The van der Waals surface area contributed by atoms with Crippen LogP contribution in [0.4, 0.5) is 0 Å². The Morgan fingerprint density at radius 1 is 0.429 bits per heavy atom. The number of phenolic OH excluding ortho intramolecular Hbond substituents is 1. The number of phenols is 1. The Labute approximate surface area is 324 Å². The summed E-state index contributed by atoms with van der Waals surface area (Å²) >= 11 is 0. The normalized spacial score (nSPS) is 12.1. The summed E-state index contributed by atoms with van der Waals surface area (Å²) in [6.07, 6.45) is 10.2. The predicted octanol–water partition coefficient (Wildman–Crippen LogP) is 12.5. The van der Waals surface area contributed by atoms with E-state index in [2.05, 4.69) is 157 Å². The monoisotopic (exact) mass is 723 g/mol. The van der Waals surface area contributed by atoms with E-state index in [9.17, 15) is 5.11 Å². The van der Waals surface area contributed by atoms with E-state index in [4.69, 9.17) is 9.97 Å².